The molecule has 6 heteroatoms. The fourth-order valence-electron chi connectivity index (χ4n) is 3.84. The number of likely N-dealkylation sites (tertiary alicyclic amines) is 1. The summed E-state index contributed by atoms with van der Waals surface area (Å²) in [6, 6.07) is 8.55. The van der Waals surface area contributed by atoms with Crippen LogP contribution in [0.15, 0.2) is 29.3 Å². The van der Waals surface area contributed by atoms with Gasteiger partial charge in [-0.2, -0.15) is 0 Å². The molecule has 2 N–H and O–H groups in total. The highest BCUT2D eigenvalue weighted by atomic mass is 127. The van der Waals surface area contributed by atoms with E-state index in [0.29, 0.717) is 0 Å². The molecule has 0 aliphatic carbocycles. The first-order valence-corrected chi connectivity index (χ1v) is 9.71. The second-order valence-electron chi connectivity index (χ2n) is 7.04. The smallest absolute Gasteiger partial charge is 0.191 e. The summed E-state index contributed by atoms with van der Waals surface area (Å²) in [5.74, 6) is 2.73. The van der Waals surface area contributed by atoms with Crippen molar-refractivity contribution in [2.45, 2.75) is 38.6 Å². The monoisotopic (exact) mass is 472 g/mol. The molecule has 2 aliphatic rings. The molecule has 3 rings (SSSR count). The van der Waals surface area contributed by atoms with Crippen LogP contribution in [0.3, 0.4) is 0 Å². The predicted octanol–water partition coefficient (Wildman–Crippen LogP) is 3.42. The Labute approximate surface area is 175 Å². The third-order valence-corrected chi connectivity index (χ3v) is 5.49. The third kappa shape index (κ3) is 5.74. The molecule has 1 fully saturated rings. The molecule has 2 aliphatic heterocycles. The van der Waals surface area contributed by atoms with Crippen molar-refractivity contribution >= 4 is 29.9 Å². The van der Waals surface area contributed by atoms with Crippen molar-refractivity contribution in [3.63, 3.8) is 0 Å². The standard InChI is InChI=1S/C20H32N4O.HI/c1-3-24-13-9-16(10-14-24)8-12-22-20(21-2)23-18-11-15-25-19-7-5-4-6-17(18)19;/h4-7,16,18H,3,8-15H2,1-2H3,(H2,21,22,23);1H. The molecule has 26 heavy (non-hydrogen) atoms. The highest BCUT2D eigenvalue weighted by Crippen LogP contribution is 2.31. The van der Waals surface area contributed by atoms with Gasteiger partial charge in [-0.25, -0.2) is 0 Å². The van der Waals surface area contributed by atoms with E-state index in [2.05, 4.69) is 39.6 Å². The van der Waals surface area contributed by atoms with Crippen LogP contribution >= 0.6 is 24.0 Å². The Kier molecular flexibility index (Phi) is 8.98. The molecule has 146 valence electrons. The first kappa shape index (κ1) is 21.3. The quantitative estimate of drug-likeness (QED) is 0.392. The van der Waals surface area contributed by atoms with Crippen LogP contribution < -0.4 is 15.4 Å². The molecule has 0 aromatic heterocycles. The molecule has 1 aromatic carbocycles. The Hall–Kier alpha value is -1.02. The van der Waals surface area contributed by atoms with Crippen molar-refractivity contribution in [3.8, 4) is 5.75 Å². The molecule has 0 saturated carbocycles. The van der Waals surface area contributed by atoms with E-state index in [-0.39, 0.29) is 30.0 Å². The van der Waals surface area contributed by atoms with Crippen molar-refractivity contribution in [2.75, 3.05) is 39.8 Å². The summed E-state index contributed by atoms with van der Waals surface area (Å²) in [5, 5.41) is 7.07. The summed E-state index contributed by atoms with van der Waals surface area (Å²) in [7, 11) is 1.85. The molecule has 5 nitrogen and oxygen atoms in total. The number of ether oxygens (including phenoxy) is 1. The Balaban J connectivity index is 0.00000243. The second-order valence-corrected chi connectivity index (χ2v) is 7.04. The zero-order valence-corrected chi connectivity index (χ0v) is 18.4. The molecule has 0 amide bonds. The summed E-state index contributed by atoms with van der Waals surface area (Å²) in [6.07, 6.45) is 4.85. The minimum Gasteiger partial charge on any atom is -0.493 e. The molecule has 0 bridgehead atoms. The Morgan fingerprint density at radius 2 is 2.00 bits per heavy atom. The van der Waals surface area contributed by atoms with Gasteiger partial charge in [-0.05, 0) is 50.9 Å². The maximum absolute atomic E-state index is 5.74. The van der Waals surface area contributed by atoms with Gasteiger partial charge in [0.05, 0.1) is 12.6 Å². The fourth-order valence-corrected chi connectivity index (χ4v) is 3.84. The zero-order chi connectivity index (χ0) is 17.5. The van der Waals surface area contributed by atoms with Crippen LogP contribution in [0.25, 0.3) is 0 Å². The number of halogens is 1. The van der Waals surface area contributed by atoms with Crippen LogP contribution in [0.1, 0.15) is 44.2 Å². The number of para-hydroxylation sites is 1. The lowest BCUT2D eigenvalue weighted by Gasteiger charge is -2.31. The zero-order valence-electron chi connectivity index (χ0n) is 16.0. The van der Waals surface area contributed by atoms with E-state index in [1.54, 1.807) is 0 Å². The number of guanidine groups is 1. The van der Waals surface area contributed by atoms with Crippen molar-refractivity contribution in [1.82, 2.24) is 15.5 Å². The summed E-state index contributed by atoms with van der Waals surface area (Å²) in [5.41, 5.74) is 1.23. The maximum Gasteiger partial charge on any atom is 0.191 e. The average molecular weight is 472 g/mol. The normalized spacial score (nSPS) is 21.3. The molecular weight excluding hydrogens is 439 g/mol. The lowest BCUT2D eigenvalue weighted by atomic mass is 9.93. The average Bonchev–Trinajstić information content (AvgIpc) is 2.68. The van der Waals surface area contributed by atoms with Crippen molar-refractivity contribution in [3.05, 3.63) is 29.8 Å². The number of nitrogens with one attached hydrogen (secondary N) is 2. The number of hydrogen-bond donors (Lipinski definition) is 2. The molecule has 0 spiro atoms. The number of piperidine rings is 1. The molecule has 2 heterocycles. The SMILES string of the molecule is CCN1CCC(CCNC(=NC)NC2CCOc3ccccc32)CC1.I. The number of rotatable bonds is 5. The number of benzene rings is 1. The number of aliphatic imine (C=N–C) groups is 1. The van der Waals surface area contributed by atoms with Gasteiger partial charge < -0.3 is 20.3 Å². The van der Waals surface area contributed by atoms with Gasteiger partial charge in [-0.1, -0.05) is 25.1 Å². The minimum absolute atomic E-state index is 0. The molecule has 1 unspecified atom stereocenters. The largest absolute Gasteiger partial charge is 0.493 e. The summed E-state index contributed by atoms with van der Waals surface area (Å²) in [6.45, 7) is 7.70. The van der Waals surface area contributed by atoms with Crippen LogP contribution in [0.5, 0.6) is 5.75 Å². The lowest BCUT2D eigenvalue weighted by molar-refractivity contribution is 0.187. The second kappa shape index (κ2) is 11.0. The topological polar surface area (TPSA) is 48.9 Å². The van der Waals surface area contributed by atoms with Crippen LogP contribution in [-0.4, -0.2) is 50.7 Å². The van der Waals surface area contributed by atoms with Crippen LogP contribution in [-0.2, 0) is 0 Å². The number of nitrogens with zero attached hydrogens (tertiary/aromatic N) is 2. The van der Waals surface area contributed by atoms with Crippen molar-refractivity contribution in [1.29, 1.82) is 0 Å². The minimum atomic E-state index is 0. The van der Waals surface area contributed by atoms with E-state index in [4.69, 9.17) is 4.74 Å². The predicted molar refractivity (Wildman–Crippen MR) is 119 cm³/mol. The highest BCUT2D eigenvalue weighted by molar-refractivity contribution is 14.0. The third-order valence-electron chi connectivity index (χ3n) is 5.49. The van der Waals surface area contributed by atoms with Crippen LogP contribution in [0, 0.1) is 5.92 Å². The molecule has 1 atom stereocenters. The van der Waals surface area contributed by atoms with Crippen LogP contribution in [0.4, 0.5) is 0 Å². The van der Waals surface area contributed by atoms with Gasteiger partial charge in [0.2, 0.25) is 0 Å². The lowest BCUT2D eigenvalue weighted by Crippen LogP contribution is -2.42. The van der Waals surface area contributed by atoms with E-state index in [1.807, 2.05) is 19.2 Å². The van der Waals surface area contributed by atoms with Crippen molar-refractivity contribution < 1.29 is 4.74 Å². The van der Waals surface area contributed by atoms with E-state index in [9.17, 15) is 0 Å². The summed E-state index contributed by atoms with van der Waals surface area (Å²) >= 11 is 0. The summed E-state index contributed by atoms with van der Waals surface area (Å²) in [4.78, 5) is 6.96. The van der Waals surface area contributed by atoms with Gasteiger partial charge >= 0.3 is 0 Å². The van der Waals surface area contributed by atoms with Gasteiger partial charge in [0.25, 0.3) is 0 Å². The van der Waals surface area contributed by atoms with Gasteiger partial charge in [0, 0.05) is 25.6 Å². The van der Waals surface area contributed by atoms with E-state index < -0.39 is 0 Å². The highest BCUT2D eigenvalue weighted by Gasteiger charge is 2.22. The molecule has 1 saturated heterocycles. The van der Waals surface area contributed by atoms with E-state index in [0.717, 1.165) is 37.2 Å². The number of fused-ring (bicyclic) bond motifs is 1. The summed E-state index contributed by atoms with van der Waals surface area (Å²) < 4.78 is 5.74. The molecular formula is C20H33IN4O. The Morgan fingerprint density at radius 1 is 1.23 bits per heavy atom. The Bertz CT molecular complexity index is 573. The van der Waals surface area contributed by atoms with Gasteiger partial charge in [-0.15, -0.1) is 24.0 Å². The fraction of sp³-hybridized carbons (Fsp3) is 0.650. The van der Waals surface area contributed by atoms with Gasteiger partial charge in [-0.3, -0.25) is 4.99 Å². The maximum atomic E-state index is 5.74. The Morgan fingerprint density at radius 3 is 2.73 bits per heavy atom. The molecule has 0 radical (unpaired) electrons. The van der Waals surface area contributed by atoms with Crippen LogP contribution in [0.2, 0.25) is 0 Å². The van der Waals surface area contributed by atoms with Gasteiger partial charge in [0.15, 0.2) is 5.96 Å². The first-order chi connectivity index (χ1) is 12.3. The van der Waals surface area contributed by atoms with E-state index in [1.165, 1.54) is 44.5 Å². The first-order valence-electron chi connectivity index (χ1n) is 9.71. The number of hydrogen-bond acceptors (Lipinski definition) is 3. The molecule has 1 aromatic rings. The van der Waals surface area contributed by atoms with E-state index >= 15 is 0 Å². The van der Waals surface area contributed by atoms with Gasteiger partial charge in [0.1, 0.15) is 5.75 Å². The van der Waals surface area contributed by atoms with Crippen molar-refractivity contribution in [2.24, 2.45) is 10.9 Å².